The average Bonchev–Trinajstić information content (AvgIpc) is 2.85. The van der Waals surface area contributed by atoms with Gasteiger partial charge in [0.25, 0.3) is 0 Å². The lowest BCUT2D eigenvalue weighted by Crippen LogP contribution is -2.29. The van der Waals surface area contributed by atoms with E-state index in [1.807, 2.05) is 0 Å². The zero-order valence-electron chi connectivity index (χ0n) is 13.7. The monoisotopic (exact) mass is 305 g/mol. The minimum absolute atomic E-state index is 0.00286. The summed E-state index contributed by atoms with van der Waals surface area (Å²) >= 11 is 0. The number of carbonyl (C=O) groups excluding carboxylic acids is 1. The number of rotatable bonds is 5. The van der Waals surface area contributed by atoms with Crippen molar-refractivity contribution in [2.45, 2.75) is 27.7 Å². The Morgan fingerprint density at radius 1 is 1.14 bits per heavy atom. The van der Waals surface area contributed by atoms with Crippen LogP contribution in [0.15, 0.2) is 24.3 Å². The second-order valence-electron chi connectivity index (χ2n) is 6.95. The molecular weight excluding hydrogens is 282 g/mol. The van der Waals surface area contributed by atoms with Crippen LogP contribution in [0.2, 0.25) is 0 Å². The summed E-state index contributed by atoms with van der Waals surface area (Å²) in [7, 11) is 1.76. The van der Waals surface area contributed by atoms with E-state index >= 15 is 0 Å². The number of nitrogens with zero attached hydrogens (tertiary/aromatic N) is 1. The minimum atomic E-state index is -1.02. The topological polar surface area (TPSA) is 66.8 Å². The molecule has 0 bridgehead atoms. The van der Waals surface area contributed by atoms with Crippen molar-refractivity contribution < 1.29 is 19.4 Å². The van der Waals surface area contributed by atoms with Gasteiger partial charge in [-0.05, 0) is 35.1 Å². The molecule has 2 rings (SSSR count). The first-order chi connectivity index (χ1) is 10.1. The van der Waals surface area contributed by atoms with E-state index in [9.17, 15) is 9.59 Å². The van der Waals surface area contributed by atoms with Gasteiger partial charge in [0.15, 0.2) is 6.61 Å². The minimum Gasteiger partial charge on any atom is -0.482 e. The highest BCUT2D eigenvalue weighted by Gasteiger charge is 2.68. The van der Waals surface area contributed by atoms with Gasteiger partial charge in [0.05, 0.1) is 0 Å². The number of carboxylic acid groups (broad SMARTS) is 1. The fraction of sp³-hybridized carbons (Fsp3) is 0.529. The lowest BCUT2D eigenvalue weighted by Gasteiger charge is -2.19. The van der Waals surface area contributed by atoms with E-state index in [-0.39, 0.29) is 29.3 Å². The van der Waals surface area contributed by atoms with Gasteiger partial charge in [-0.3, -0.25) is 4.79 Å². The fourth-order valence-corrected chi connectivity index (χ4v) is 3.05. The van der Waals surface area contributed by atoms with Crippen LogP contribution in [0.3, 0.4) is 0 Å². The molecule has 22 heavy (non-hydrogen) atoms. The van der Waals surface area contributed by atoms with Crippen LogP contribution in [0.25, 0.3) is 0 Å². The number of amides is 1. The summed E-state index contributed by atoms with van der Waals surface area (Å²) in [4.78, 5) is 24.8. The summed E-state index contributed by atoms with van der Waals surface area (Å²) < 4.78 is 5.09. The van der Waals surface area contributed by atoms with Crippen LogP contribution >= 0.6 is 0 Å². The standard InChI is InChI=1S/C17H23NO4/c1-16(2)14(17(16,3)4)15(21)18(5)11-6-8-12(9-7-11)22-10-13(19)20/h6-9,14H,10H2,1-5H3,(H,19,20). The number of aliphatic carboxylic acids is 1. The summed E-state index contributed by atoms with van der Waals surface area (Å²) in [5.74, 6) is -0.434. The van der Waals surface area contributed by atoms with Gasteiger partial charge in [-0.25, -0.2) is 4.79 Å². The lowest BCUT2D eigenvalue weighted by molar-refractivity contribution is -0.139. The van der Waals surface area contributed by atoms with Crippen LogP contribution in [0.5, 0.6) is 5.75 Å². The molecule has 0 aromatic heterocycles. The summed E-state index contributed by atoms with van der Waals surface area (Å²) in [6.07, 6.45) is 0. The van der Waals surface area contributed by atoms with Gasteiger partial charge >= 0.3 is 5.97 Å². The number of hydrogen-bond acceptors (Lipinski definition) is 3. The van der Waals surface area contributed by atoms with E-state index in [4.69, 9.17) is 9.84 Å². The molecule has 120 valence electrons. The molecule has 5 nitrogen and oxygen atoms in total. The van der Waals surface area contributed by atoms with E-state index in [0.717, 1.165) is 5.69 Å². The van der Waals surface area contributed by atoms with Crippen molar-refractivity contribution in [3.63, 3.8) is 0 Å². The Bertz CT molecular complexity index is 575. The smallest absolute Gasteiger partial charge is 0.341 e. The van der Waals surface area contributed by atoms with Crippen LogP contribution in [0.4, 0.5) is 5.69 Å². The molecule has 0 atom stereocenters. The molecule has 1 aliphatic carbocycles. The largest absolute Gasteiger partial charge is 0.482 e. The van der Waals surface area contributed by atoms with E-state index in [1.165, 1.54) is 0 Å². The maximum Gasteiger partial charge on any atom is 0.341 e. The fourth-order valence-electron chi connectivity index (χ4n) is 3.05. The van der Waals surface area contributed by atoms with Gasteiger partial charge in [-0.2, -0.15) is 0 Å². The summed E-state index contributed by atoms with van der Waals surface area (Å²) in [6, 6.07) is 6.87. The SMILES string of the molecule is CN(C(=O)C1C(C)(C)C1(C)C)c1ccc(OCC(=O)O)cc1. The third-order valence-corrected chi connectivity index (χ3v) is 5.18. The van der Waals surface area contributed by atoms with Crippen molar-refractivity contribution in [2.24, 2.45) is 16.7 Å². The molecule has 1 aliphatic rings. The molecule has 0 spiro atoms. The first kappa shape index (κ1) is 16.3. The van der Waals surface area contributed by atoms with Gasteiger partial charge in [0.1, 0.15) is 5.75 Å². The third kappa shape index (κ3) is 2.67. The molecule has 5 heteroatoms. The molecule has 1 saturated carbocycles. The number of carboxylic acids is 1. The number of hydrogen-bond donors (Lipinski definition) is 1. The van der Waals surface area contributed by atoms with Gasteiger partial charge in [-0.15, -0.1) is 0 Å². The van der Waals surface area contributed by atoms with Gasteiger partial charge < -0.3 is 14.7 Å². The van der Waals surface area contributed by atoms with Crippen molar-refractivity contribution in [2.75, 3.05) is 18.6 Å². The summed E-state index contributed by atoms with van der Waals surface area (Å²) in [5, 5.41) is 8.58. The first-order valence-electron chi connectivity index (χ1n) is 7.31. The molecule has 0 radical (unpaired) electrons. The molecule has 0 saturated heterocycles. The Kier molecular flexibility index (Phi) is 3.94. The third-order valence-electron chi connectivity index (χ3n) is 5.18. The average molecular weight is 305 g/mol. The highest BCUT2D eigenvalue weighted by molar-refractivity contribution is 5.97. The van der Waals surface area contributed by atoms with E-state index < -0.39 is 5.97 Å². The molecule has 1 fully saturated rings. The Labute approximate surface area is 130 Å². The zero-order valence-corrected chi connectivity index (χ0v) is 13.7. The maximum atomic E-state index is 12.7. The van der Waals surface area contributed by atoms with E-state index in [0.29, 0.717) is 5.75 Å². The second-order valence-corrected chi connectivity index (χ2v) is 6.95. The van der Waals surface area contributed by atoms with Crippen LogP contribution in [0, 0.1) is 16.7 Å². The van der Waals surface area contributed by atoms with Crippen molar-refractivity contribution in [1.29, 1.82) is 0 Å². The van der Waals surface area contributed by atoms with Crippen LogP contribution in [0.1, 0.15) is 27.7 Å². The van der Waals surface area contributed by atoms with Crippen molar-refractivity contribution in [3.8, 4) is 5.75 Å². The van der Waals surface area contributed by atoms with Crippen LogP contribution in [-0.2, 0) is 9.59 Å². The first-order valence-corrected chi connectivity index (χ1v) is 7.31. The Morgan fingerprint density at radius 3 is 2.05 bits per heavy atom. The maximum absolute atomic E-state index is 12.7. The summed E-state index contributed by atoms with van der Waals surface area (Å²) in [5.41, 5.74) is 0.775. The van der Waals surface area contributed by atoms with Gasteiger partial charge in [-0.1, -0.05) is 27.7 Å². The number of benzene rings is 1. The van der Waals surface area contributed by atoms with Crippen molar-refractivity contribution in [3.05, 3.63) is 24.3 Å². The number of ether oxygens (including phenoxy) is 1. The lowest BCUT2D eigenvalue weighted by atomic mass is 10.0. The zero-order chi connectivity index (χ0) is 16.7. The predicted octanol–water partition coefficient (Wildman–Crippen LogP) is 2.80. The van der Waals surface area contributed by atoms with E-state index in [1.54, 1.807) is 36.2 Å². The molecule has 0 unspecified atom stereocenters. The molecule has 1 aromatic rings. The molecule has 1 N–H and O–H groups in total. The molecule has 1 amide bonds. The van der Waals surface area contributed by atoms with Gasteiger partial charge in [0.2, 0.25) is 5.91 Å². The van der Waals surface area contributed by atoms with Crippen LogP contribution < -0.4 is 9.64 Å². The molecular formula is C17H23NO4. The normalized spacial score (nSPS) is 18.6. The van der Waals surface area contributed by atoms with Gasteiger partial charge in [0, 0.05) is 18.7 Å². The van der Waals surface area contributed by atoms with Crippen LogP contribution in [-0.4, -0.2) is 30.6 Å². The van der Waals surface area contributed by atoms with E-state index in [2.05, 4.69) is 27.7 Å². The molecule has 0 aliphatic heterocycles. The van der Waals surface area contributed by atoms with Crippen molar-refractivity contribution >= 4 is 17.6 Å². The summed E-state index contributed by atoms with van der Waals surface area (Å²) in [6.45, 7) is 8.09. The number of anilines is 1. The highest BCUT2D eigenvalue weighted by atomic mass is 16.5. The van der Waals surface area contributed by atoms with Crippen molar-refractivity contribution in [1.82, 2.24) is 0 Å². The quantitative estimate of drug-likeness (QED) is 0.908. The highest BCUT2D eigenvalue weighted by Crippen LogP contribution is 2.68. The predicted molar refractivity (Wildman–Crippen MR) is 84.0 cm³/mol. The Morgan fingerprint density at radius 2 is 1.64 bits per heavy atom. The number of carbonyl (C=O) groups is 2. The Balaban J connectivity index is 2.06. The molecule has 0 heterocycles. The Hall–Kier alpha value is -2.04. The molecule has 1 aromatic carbocycles. The second kappa shape index (κ2) is 5.30.